The number of ether oxygens (including phenoxy) is 3. The molecule has 0 bridgehead atoms. The van der Waals surface area contributed by atoms with Crippen molar-refractivity contribution in [3.63, 3.8) is 0 Å². The zero-order valence-electron chi connectivity index (χ0n) is 15.0. The lowest BCUT2D eigenvalue weighted by Gasteiger charge is -1.94. The molecular formula is C15H22O10. The Balaban J connectivity index is -0.000000296. The van der Waals surface area contributed by atoms with E-state index in [1.54, 1.807) is 0 Å². The van der Waals surface area contributed by atoms with Gasteiger partial charge in [-0.05, 0) is 13.8 Å². The summed E-state index contributed by atoms with van der Waals surface area (Å²) in [4.78, 5) is 70.4. The van der Waals surface area contributed by atoms with Gasteiger partial charge in [-0.3, -0.25) is 33.6 Å². The zero-order valence-corrected chi connectivity index (χ0v) is 15.0. The fourth-order valence-corrected chi connectivity index (χ4v) is 0.805. The molecule has 0 aliphatic rings. The average molecular weight is 362 g/mol. The average Bonchev–Trinajstić information content (AvgIpc) is 2.33. The second-order valence-corrected chi connectivity index (χ2v) is 4.41. The first-order valence-corrected chi connectivity index (χ1v) is 6.80. The molecule has 0 saturated carbocycles. The van der Waals surface area contributed by atoms with Gasteiger partial charge in [0.15, 0.2) is 5.78 Å². The molecule has 0 aliphatic heterocycles. The second kappa shape index (κ2) is 16.0. The number of carbonyl (C=O) groups excluding carboxylic acids is 7. The number of Topliss-reactive ketones (excluding diaryl/α,β-unsaturated/α-hetero) is 2. The molecule has 0 heterocycles. The van der Waals surface area contributed by atoms with E-state index in [0.717, 1.165) is 6.92 Å². The molecule has 25 heavy (non-hydrogen) atoms. The molecule has 0 N–H and O–H groups in total. The van der Waals surface area contributed by atoms with Crippen LogP contribution in [0.25, 0.3) is 0 Å². The van der Waals surface area contributed by atoms with Gasteiger partial charge in [0.2, 0.25) is 0 Å². The van der Waals surface area contributed by atoms with Crippen LogP contribution in [0.1, 0.15) is 48.0 Å². The van der Waals surface area contributed by atoms with Crippen molar-refractivity contribution in [3.8, 4) is 0 Å². The summed E-state index contributed by atoms with van der Waals surface area (Å²) in [6.45, 7) is 7.25. The molecule has 0 fully saturated rings. The fraction of sp³-hybridized carbons (Fsp3) is 0.533. The van der Waals surface area contributed by atoms with Crippen molar-refractivity contribution in [2.75, 3.05) is 6.61 Å². The Bertz CT molecular complexity index is 474. The van der Waals surface area contributed by atoms with Crippen LogP contribution in [-0.2, 0) is 47.8 Å². The summed E-state index contributed by atoms with van der Waals surface area (Å²) >= 11 is 0. The van der Waals surface area contributed by atoms with Crippen molar-refractivity contribution in [1.29, 1.82) is 0 Å². The van der Waals surface area contributed by atoms with Crippen LogP contribution >= 0.6 is 0 Å². The van der Waals surface area contributed by atoms with Crippen molar-refractivity contribution in [1.82, 2.24) is 0 Å². The SMILES string of the molecule is CC(=O)CC(=O)OC(C)=O.CC(=O)COC(C)=O.CC(=O)OC(C)=O. The first kappa shape index (κ1) is 27.0. The molecule has 0 aromatic carbocycles. The minimum absolute atomic E-state index is 0.102. The summed E-state index contributed by atoms with van der Waals surface area (Å²) in [5, 5.41) is 0. The van der Waals surface area contributed by atoms with E-state index in [1.807, 2.05) is 0 Å². The van der Waals surface area contributed by atoms with E-state index in [4.69, 9.17) is 0 Å². The quantitative estimate of drug-likeness (QED) is 0.388. The van der Waals surface area contributed by atoms with E-state index in [2.05, 4.69) is 14.2 Å². The van der Waals surface area contributed by atoms with Gasteiger partial charge in [0.05, 0.1) is 0 Å². The van der Waals surface area contributed by atoms with Crippen molar-refractivity contribution in [3.05, 3.63) is 0 Å². The van der Waals surface area contributed by atoms with E-state index in [9.17, 15) is 33.6 Å². The van der Waals surface area contributed by atoms with Gasteiger partial charge in [0.1, 0.15) is 18.8 Å². The molecule has 0 aliphatic carbocycles. The number of hydrogen-bond acceptors (Lipinski definition) is 10. The Labute approximate surface area is 144 Å². The summed E-state index contributed by atoms with van der Waals surface area (Å²) in [6, 6.07) is 0. The van der Waals surface area contributed by atoms with E-state index in [-0.39, 0.29) is 24.6 Å². The Morgan fingerprint density at radius 1 is 0.560 bits per heavy atom. The Kier molecular flexibility index (Phi) is 17.2. The molecule has 0 spiro atoms. The topological polar surface area (TPSA) is 147 Å². The molecule has 0 rings (SSSR count). The monoisotopic (exact) mass is 362 g/mol. The van der Waals surface area contributed by atoms with E-state index < -0.39 is 29.8 Å². The first-order valence-electron chi connectivity index (χ1n) is 6.80. The third-order valence-corrected chi connectivity index (χ3v) is 1.42. The van der Waals surface area contributed by atoms with Gasteiger partial charge in [-0.15, -0.1) is 0 Å². The standard InChI is InChI=1S/C6H8O4.C5H8O3.C4H6O3/c1-4(7)3-6(9)10-5(2)8;1-4(6)3-8-5(2)7;1-3(5)7-4(2)6/h3H2,1-2H3;3H2,1-2H3;1-2H3. The maximum absolute atomic E-state index is 10.4. The Morgan fingerprint density at radius 3 is 1.12 bits per heavy atom. The summed E-state index contributed by atoms with van der Waals surface area (Å²) < 4.78 is 12.3. The Morgan fingerprint density at radius 2 is 0.960 bits per heavy atom. The van der Waals surface area contributed by atoms with Crippen LogP contribution in [0, 0.1) is 0 Å². The number of rotatable bonds is 4. The van der Waals surface area contributed by atoms with E-state index in [0.29, 0.717) is 0 Å². The molecule has 0 atom stereocenters. The summed E-state index contributed by atoms with van der Waals surface area (Å²) in [7, 11) is 0. The fourth-order valence-electron chi connectivity index (χ4n) is 0.805. The van der Waals surface area contributed by atoms with Gasteiger partial charge in [-0.2, -0.15) is 0 Å². The van der Waals surface area contributed by atoms with Crippen LogP contribution in [0.15, 0.2) is 0 Å². The van der Waals surface area contributed by atoms with Crippen LogP contribution in [0.2, 0.25) is 0 Å². The largest absolute Gasteiger partial charge is 0.458 e. The van der Waals surface area contributed by atoms with Crippen LogP contribution in [0.4, 0.5) is 0 Å². The van der Waals surface area contributed by atoms with Crippen LogP contribution in [-0.4, -0.2) is 48.0 Å². The normalized spacial score (nSPS) is 8.24. The highest BCUT2D eigenvalue weighted by Crippen LogP contribution is 1.87. The highest BCUT2D eigenvalue weighted by Gasteiger charge is 2.07. The molecule has 0 saturated heterocycles. The molecular weight excluding hydrogens is 340 g/mol. The number of carbonyl (C=O) groups is 7. The zero-order chi connectivity index (χ0) is 20.6. The molecule has 142 valence electrons. The second-order valence-electron chi connectivity index (χ2n) is 4.41. The number of ketones is 2. The number of esters is 5. The van der Waals surface area contributed by atoms with Gasteiger partial charge in [0.25, 0.3) is 0 Å². The van der Waals surface area contributed by atoms with Crippen molar-refractivity contribution in [2.45, 2.75) is 48.0 Å². The third kappa shape index (κ3) is 38.7. The number of hydrogen-bond donors (Lipinski definition) is 0. The predicted molar refractivity (Wildman–Crippen MR) is 81.8 cm³/mol. The van der Waals surface area contributed by atoms with Crippen LogP contribution in [0.5, 0.6) is 0 Å². The van der Waals surface area contributed by atoms with Gasteiger partial charge in [-0.25, -0.2) is 0 Å². The van der Waals surface area contributed by atoms with Crippen molar-refractivity contribution < 1.29 is 47.8 Å². The maximum atomic E-state index is 10.4. The summed E-state index contributed by atoms with van der Waals surface area (Å²) in [6.07, 6.45) is -0.334. The lowest BCUT2D eigenvalue weighted by atomic mass is 10.3. The molecule has 10 nitrogen and oxygen atoms in total. The van der Waals surface area contributed by atoms with Crippen LogP contribution < -0.4 is 0 Å². The predicted octanol–water partition coefficient (Wildman–Crippen LogP) is 0.290. The molecule has 0 aromatic rings. The first-order chi connectivity index (χ1) is 11.3. The van der Waals surface area contributed by atoms with Crippen LogP contribution in [0.3, 0.4) is 0 Å². The van der Waals surface area contributed by atoms with Gasteiger partial charge < -0.3 is 14.2 Å². The van der Waals surface area contributed by atoms with E-state index in [1.165, 1.54) is 34.6 Å². The molecule has 0 amide bonds. The lowest BCUT2D eigenvalue weighted by molar-refractivity contribution is -0.159. The molecule has 0 aromatic heterocycles. The molecule has 10 heteroatoms. The lowest BCUT2D eigenvalue weighted by Crippen LogP contribution is -2.11. The summed E-state index contributed by atoms with van der Waals surface area (Å²) in [5.74, 6) is -3.47. The minimum Gasteiger partial charge on any atom is -0.458 e. The minimum atomic E-state index is -0.792. The van der Waals surface area contributed by atoms with Crippen molar-refractivity contribution in [2.24, 2.45) is 0 Å². The highest BCUT2D eigenvalue weighted by molar-refractivity contribution is 5.97. The van der Waals surface area contributed by atoms with Gasteiger partial charge >= 0.3 is 29.8 Å². The molecule has 0 radical (unpaired) electrons. The maximum Gasteiger partial charge on any atom is 0.320 e. The molecule has 0 unspecified atom stereocenters. The van der Waals surface area contributed by atoms with Crippen molar-refractivity contribution >= 4 is 41.4 Å². The summed E-state index contributed by atoms with van der Waals surface area (Å²) in [5.41, 5.74) is 0. The van der Waals surface area contributed by atoms with Gasteiger partial charge in [-0.1, -0.05) is 0 Å². The smallest absolute Gasteiger partial charge is 0.320 e. The highest BCUT2D eigenvalue weighted by atomic mass is 16.6. The van der Waals surface area contributed by atoms with E-state index >= 15 is 0 Å². The Hall–Kier alpha value is -2.91. The van der Waals surface area contributed by atoms with Gasteiger partial charge in [0, 0.05) is 27.7 Å². The third-order valence-electron chi connectivity index (χ3n) is 1.42.